The molecule has 1 aliphatic carbocycles. The van der Waals surface area contributed by atoms with Crippen molar-refractivity contribution in [1.82, 2.24) is 4.90 Å². The number of aliphatic hydroxyl groups is 1. The molecular formula is C28H27NO3. The average molecular weight is 426 g/mol. The van der Waals surface area contributed by atoms with Crippen LogP contribution in [0.25, 0.3) is 16.5 Å². The fourth-order valence-electron chi connectivity index (χ4n) is 5.16. The predicted octanol–water partition coefficient (Wildman–Crippen LogP) is 5.77. The Morgan fingerprint density at radius 1 is 0.938 bits per heavy atom. The fourth-order valence-corrected chi connectivity index (χ4v) is 5.16. The van der Waals surface area contributed by atoms with Gasteiger partial charge in [-0.3, -0.25) is 9.59 Å². The quantitative estimate of drug-likeness (QED) is 0.328. The van der Waals surface area contributed by atoms with Crippen LogP contribution < -0.4 is 0 Å². The van der Waals surface area contributed by atoms with Gasteiger partial charge in [-0.25, -0.2) is 0 Å². The van der Waals surface area contributed by atoms with E-state index in [9.17, 15) is 14.7 Å². The van der Waals surface area contributed by atoms with Crippen LogP contribution in [0.5, 0.6) is 0 Å². The van der Waals surface area contributed by atoms with Gasteiger partial charge >= 0.3 is 0 Å². The van der Waals surface area contributed by atoms with E-state index in [1.807, 2.05) is 66.7 Å². The van der Waals surface area contributed by atoms with Gasteiger partial charge in [0.25, 0.3) is 11.7 Å². The summed E-state index contributed by atoms with van der Waals surface area (Å²) in [6, 6.07) is 21.1. The Labute approximate surface area is 188 Å². The molecule has 1 N–H and O–H groups in total. The van der Waals surface area contributed by atoms with E-state index in [4.69, 9.17) is 0 Å². The number of hydrogen-bond donors (Lipinski definition) is 1. The Bertz CT molecular complexity index is 1220. The molecule has 0 radical (unpaired) electrons. The van der Waals surface area contributed by atoms with Crippen molar-refractivity contribution in [2.24, 2.45) is 0 Å². The van der Waals surface area contributed by atoms with Crippen molar-refractivity contribution in [1.29, 1.82) is 0 Å². The number of ketones is 1. The predicted molar refractivity (Wildman–Crippen MR) is 126 cm³/mol. The zero-order valence-corrected chi connectivity index (χ0v) is 18.3. The maximum absolute atomic E-state index is 13.2. The minimum atomic E-state index is -0.591. The van der Waals surface area contributed by atoms with Crippen LogP contribution in [0.1, 0.15) is 55.3 Å². The van der Waals surface area contributed by atoms with Crippen molar-refractivity contribution < 1.29 is 14.7 Å². The zero-order valence-electron chi connectivity index (χ0n) is 18.3. The number of hydrogen-bond acceptors (Lipinski definition) is 3. The third-order valence-corrected chi connectivity index (χ3v) is 6.92. The topological polar surface area (TPSA) is 57.6 Å². The van der Waals surface area contributed by atoms with Crippen molar-refractivity contribution >= 4 is 28.2 Å². The number of carbonyl (C=O) groups is 2. The lowest BCUT2D eigenvalue weighted by molar-refractivity contribution is -0.141. The Balaban J connectivity index is 1.67. The molecule has 1 saturated carbocycles. The van der Waals surface area contributed by atoms with Gasteiger partial charge < -0.3 is 10.0 Å². The molecule has 1 amide bonds. The largest absolute Gasteiger partial charge is 0.507 e. The first-order valence-corrected chi connectivity index (χ1v) is 11.5. The maximum Gasteiger partial charge on any atom is 0.295 e. The SMILES string of the molecule is CCc1ccc(C2/C(=C(/O)c3ccc4ccccc4c3)C(=O)C(=O)N2C2CCCC2)cc1. The van der Waals surface area contributed by atoms with Crippen molar-refractivity contribution in [3.63, 3.8) is 0 Å². The second-order valence-corrected chi connectivity index (χ2v) is 8.80. The van der Waals surface area contributed by atoms with Crippen LogP contribution in [0, 0.1) is 0 Å². The van der Waals surface area contributed by atoms with Crippen molar-refractivity contribution in [2.45, 2.75) is 51.1 Å². The number of fused-ring (bicyclic) bond motifs is 1. The van der Waals surface area contributed by atoms with E-state index in [-0.39, 0.29) is 17.4 Å². The monoisotopic (exact) mass is 425 g/mol. The normalized spacial score (nSPS) is 21.0. The average Bonchev–Trinajstić information content (AvgIpc) is 3.45. The van der Waals surface area contributed by atoms with Gasteiger partial charge in [-0.2, -0.15) is 0 Å². The number of benzene rings is 3. The van der Waals surface area contributed by atoms with Crippen LogP contribution >= 0.6 is 0 Å². The number of nitrogens with zero attached hydrogens (tertiary/aromatic N) is 1. The van der Waals surface area contributed by atoms with E-state index in [0.29, 0.717) is 5.56 Å². The lowest BCUT2D eigenvalue weighted by Crippen LogP contribution is -2.37. The molecule has 1 atom stereocenters. The standard InChI is InChI=1S/C28H27NO3/c1-2-18-11-13-20(14-12-18)25-24(27(31)28(32)29(25)23-9-5-6-10-23)26(30)22-16-15-19-7-3-4-8-21(19)17-22/h3-4,7-8,11-17,23,25,30H,2,5-6,9-10H2,1H3/b26-24-. The summed E-state index contributed by atoms with van der Waals surface area (Å²) in [4.78, 5) is 28.2. The van der Waals surface area contributed by atoms with Crippen LogP contribution in [-0.4, -0.2) is 27.7 Å². The molecule has 2 aliphatic rings. The smallest absolute Gasteiger partial charge is 0.295 e. The summed E-state index contributed by atoms with van der Waals surface area (Å²) >= 11 is 0. The molecule has 0 spiro atoms. The fraction of sp³-hybridized carbons (Fsp3) is 0.286. The molecule has 1 aliphatic heterocycles. The lowest BCUT2D eigenvalue weighted by Gasteiger charge is -2.30. The van der Waals surface area contributed by atoms with E-state index < -0.39 is 17.7 Å². The van der Waals surface area contributed by atoms with Gasteiger partial charge in [-0.1, -0.05) is 80.4 Å². The number of aliphatic hydroxyl groups excluding tert-OH is 1. The van der Waals surface area contributed by atoms with Crippen molar-refractivity contribution in [3.05, 3.63) is 89.0 Å². The molecule has 32 heavy (non-hydrogen) atoms. The van der Waals surface area contributed by atoms with Gasteiger partial charge in [0.2, 0.25) is 0 Å². The molecule has 1 unspecified atom stereocenters. The molecule has 1 heterocycles. The number of likely N-dealkylation sites (tertiary alicyclic amines) is 1. The van der Waals surface area contributed by atoms with Gasteiger partial charge in [0.05, 0.1) is 11.6 Å². The summed E-state index contributed by atoms with van der Waals surface area (Å²) in [5, 5.41) is 13.4. The molecule has 5 rings (SSSR count). The summed E-state index contributed by atoms with van der Waals surface area (Å²) in [5.41, 5.74) is 2.82. The van der Waals surface area contributed by atoms with E-state index >= 15 is 0 Å². The third-order valence-electron chi connectivity index (χ3n) is 6.92. The summed E-state index contributed by atoms with van der Waals surface area (Å²) in [6.45, 7) is 2.10. The highest BCUT2D eigenvalue weighted by Gasteiger charge is 2.49. The number of rotatable bonds is 4. The molecule has 0 aromatic heterocycles. The van der Waals surface area contributed by atoms with Gasteiger partial charge in [-0.05, 0) is 47.2 Å². The number of aryl methyl sites for hydroxylation is 1. The second kappa shape index (κ2) is 8.27. The minimum absolute atomic E-state index is 0.0317. The Hall–Kier alpha value is -3.40. The van der Waals surface area contributed by atoms with Crippen LogP contribution in [0.3, 0.4) is 0 Å². The molecule has 4 heteroatoms. The summed E-state index contributed by atoms with van der Waals surface area (Å²) in [5.74, 6) is -1.19. The van der Waals surface area contributed by atoms with Crippen molar-refractivity contribution in [2.75, 3.05) is 0 Å². The maximum atomic E-state index is 13.2. The van der Waals surface area contributed by atoms with Gasteiger partial charge in [0.1, 0.15) is 5.76 Å². The molecule has 1 saturated heterocycles. The lowest BCUT2D eigenvalue weighted by atomic mass is 9.93. The number of carbonyl (C=O) groups excluding carboxylic acids is 2. The molecule has 3 aromatic rings. The molecule has 2 fully saturated rings. The number of amides is 1. The van der Waals surface area contributed by atoms with Gasteiger partial charge in [-0.15, -0.1) is 0 Å². The zero-order chi connectivity index (χ0) is 22.2. The Kier molecular flexibility index (Phi) is 5.30. The van der Waals surface area contributed by atoms with Crippen molar-refractivity contribution in [3.8, 4) is 0 Å². The first kappa shape index (κ1) is 20.5. The molecule has 162 valence electrons. The van der Waals surface area contributed by atoms with Crippen LogP contribution in [-0.2, 0) is 16.0 Å². The van der Waals surface area contributed by atoms with Crippen LogP contribution in [0.4, 0.5) is 0 Å². The van der Waals surface area contributed by atoms with Gasteiger partial charge in [0, 0.05) is 11.6 Å². The Morgan fingerprint density at radius 2 is 1.62 bits per heavy atom. The summed E-state index contributed by atoms with van der Waals surface area (Å²) in [7, 11) is 0. The molecule has 4 nitrogen and oxygen atoms in total. The summed E-state index contributed by atoms with van der Waals surface area (Å²) in [6.07, 6.45) is 4.82. The van der Waals surface area contributed by atoms with E-state index in [1.165, 1.54) is 5.56 Å². The van der Waals surface area contributed by atoms with E-state index in [0.717, 1.165) is 48.4 Å². The highest BCUT2D eigenvalue weighted by molar-refractivity contribution is 6.46. The highest BCUT2D eigenvalue weighted by atomic mass is 16.3. The highest BCUT2D eigenvalue weighted by Crippen LogP contribution is 2.43. The third kappa shape index (κ3) is 3.40. The first-order valence-electron chi connectivity index (χ1n) is 11.5. The van der Waals surface area contributed by atoms with Crippen LogP contribution in [0.15, 0.2) is 72.3 Å². The van der Waals surface area contributed by atoms with E-state index in [1.54, 1.807) is 4.90 Å². The Morgan fingerprint density at radius 3 is 2.31 bits per heavy atom. The van der Waals surface area contributed by atoms with E-state index in [2.05, 4.69) is 6.92 Å². The van der Waals surface area contributed by atoms with Crippen LogP contribution in [0.2, 0.25) is 0 Å². The second-order valence-electron chi connectivity index (χ2n) is 8.80. The summed E-state index contributed by atoms with van der Waals surface area (Å²) < 4.78 is 0. The van der Waals surface area contributed by atoms with Gasteiger partial charge in [0.15, 0.2) is 0 Å². The number of Topliss-reactive ketones (excluding diaryl/α,β-unsaturated/α-hetero) is 1. The molecule has 3 aromatic carbocycles. The molecule has 0 bridgehead atoms. The first-order chi connectivity index (χ1) is 15.6. The minimum Gasteiger partial charge on any atom is -0.507 e. The molecular weight excluding hydrogens is 398 g/mol.